The van der Waals surface area contributed by atoms with E-state index >= 15 is 0 Å². The van der Waals surface area contributed by atoms with Crippen LogP contribution in [0.2, 0.25) is 0 Å². The summed E-state index contributed by atoms with van der Waals surface area (Å²) in [5.41, 5.74) is 2.16. The molecule has 1 fully saturated rings. The Bertz CT molecular complexity index is 1050. The Morgan fingerprint density at radius 1 is 1.10 bits per heavy atom. The highest BCUT2D eigenvalue weighted by Gasteiger charge is 2.14. The minimum Gasteiger partial charge on any atom is -0.378 e. The van der Waals surface area contributed by atoms with Gasteiger partial charge in [0.25, 0.3) is 5.56 Å². The molecule has 0 atom stereocenters. The zero-order valence-electron chi connectivity index (χ0n) is 16.6. The fourth-order valence-electron chi connectivity index (χ4n) is 3.15. The number of hydrogen-bond donors (Lipinski definition) is 0. The Morgan fingerprint density at radius 2 is 1.80 bits per heavy atom. The predicted molar refractivity (Wildman–Crippen MR) is 113 cm³/mol. The Hall–Kier alpha value is -2.78. The van der Waals surface area contributed by atoms with Crippen molar-refractivity contribution >= 4 is 17.7 Å². The number of rotatable bonds is 6. The van der Waals surface area contributed by atoms with Crippen molar-refractivity contribution in [2.75, 3.05) is 31.2 Å². The molecule has 1 aliphatic rings. The summed E-state index contributed by atoms with van der Waals surface area (Å²) in [6.45, 7) is 2.92. The first-order valence-corrected chi connectivity index (χ1v) is 10.6. The molecule has 1 aliphatic heterocycles. The van der Waals surface area contributed by atoms with Crippen LogP contribution in [0.15, 0.2) is 52.8 Å². The topological polar surface area (TPSA) is 73.1 Å². The number of aromatic nitrogens is 4. The molecule has 3 heterocycles. The van der Waals surface area contributed by atoms with Crippen LogP contribution in [0, 0.1) is 5.82 Å². The normalized spacial score (nSPS) is 14.1. The zero-order valence-corrected chi connectivity index (χ0v) is 17.4. The molecule has 0 N–H and O–H groups in total. The first-order valence-electron chi connectivity index (χ1n) is 9.66. The Kier molecular flexibility index (Phi) is 6.39. The van der Waals surface area contributed by atoms with Crippen molar-refractivity contribution < 1.29 is 9.13 Å². The third kappa shape index (κ3) is 5.03. The molecule has 30 heavy (non-hydrogen) atoms. The maximum atomic E-state index is 13.0. The fourth-order valence-corrected chi connectivity index (χ4v) is 4.04. The zero-order chi connectivity index (χ0) is 20.9. The minimum absolute atomic E-state index is 0.257. The van der Waals surface area contributed by atoms with E-state index in [9.17, 15) is 9.18 Å². The number of anilines is 1. The van der Waals surface area contributed by atoms with Gasteiger partial charge in [0.2, 0.25) is 5.95 Å². The van der Waals surface area contributed by atoms with E-state index in [0.717, 1.165) is 24.2 Å². The smallest absolute Gasteiger partial charge is 0.277 e. The van der Waals surface area contributed by atoms with Gasteiger partial charge in [0.15, 0.2) is 5.16 Å². The number of nitrogens with zero attached hydrogens (tertiary/aromatic N) is 5. The highest BCUT2D eigenvalue weighted by molar-refractivity contribution is 7.98. The summed E-state index contributed by atoms with van der Waals surface area (Å²) in [6, 6.07) is 6.32. The van der Waals surface area contributed by atoms with Crippen LogP contribution in [0.3, 0.4) is 0 Å². The molecule has 0 saturated carbocycles. The van der Waals surface area contributed by atoms with E-state index in [-0.39, 0.29) is 11.4 Å². The second-order valence-corrected chi connectivity index (χ2v) is 7.99. The van der Waals surface area contributed by atoms with Gasteiger partial charge >= 0.3 is 0 Å². The van der Waals surface area contributed by atoms with E-state index in [1.54, 1.807) is 30.7 Å². The SMILES string of the molecule is Cn1cc(Cc2cnc(N3CCOCC3)nc2)c(=O)nc1SCc1ccc(F)cc1. The standard InChI is InChI=1S/C21H22FN5O2S/c1-26-13-17(10-16-11-23-20(24-12-16)27-6-8-29-9-7-27)19(28)25-21(26)30-14-15-2-4-18(22)5-3-15/h2-5,11-13H,6-10,14H2,1H3. The molecule has 0 radical (unpaired) electrons. The summed E-state index contributed by atoms with van der Waals surface area (Å²) in [4.78, 5) is 27.7. The van der Waals surface area contributed by atoms with Gasteiger partial charge in [0, 0.05) is 56.5 Å². The second kappa shape index (κ2) is 9.36. The molecule has 2 aromatic heterocycles. The van der Waals surface area contributed by atoms with Crippen molar-refractivity contribution in [1.82, 2.24) is 19.5 Å². The molecular weight excluding hydrogens is 405 g/mol. The highest BCUT2D eigenvalue weighted by atomic mass is 32.2. The van der Waals surface area contributed by atoms with E-state index in [1.807, 2.05) is 11.6 Å². The van der Waals surface area contributed by atoms with Crippen LogP contribution in [-0.4, -0.2) is 45.8 Å². The average Bonchev–Trinajstić information content (AvgIpc) is 2.77. The minimum atomic E-state index is -0.263. The molecule has 1 aromatic carbocycles. The number of thioether (sulfide) groups is 1. The van der Waals surface area contributed by atoms with Crippen LogP contribution in [0.5, 0.6) is 0 Å². The summed E-state index contributed by atoms with van der Waals surface area (Å²) >= 11 is 1.44. The van der Waals surface area contributed by atoms with Gasteiger partial charge in [-0.1, -0.05) is 23.9 Å². The first-order chi connectivity index (χ1) is 14.6. The van der Waals surface area contributed by atoms with Gasteiger partial charge in [-0.3, -0.25) is 4.79 Å². The maximum Gasteiger partial charge on any atom is 0.277 e. The number of ether oxygens (including phenoxy) is 1. The van der Waals surface area contributed by atoms with Gasteiger partial charge in [0.05, 0.1) is 13.2 Å². The van der Waals surface area contributed by atoms with E-state index in [4.69, 9.17) is 4.74 Å². The van der Waals surface area contributed by atoms with Gasteiger partial charge < -0.3 is 14.2 Å². The predicted octanol–water partition coefficient (Wildman–Crippen LogP) is 2.43. The first kappa shape index (κ1) is 20.5. The van der Waals surface area contributed by atoms with Crippen molar-refractivity contribution in [3.63, 3.8) is 0 Å². The summed E-state index contributed by atoms with van der Waals surface area (Å²) < 4.78 is 20.2. The number of benzene rings is 1. The molecule has 0 aliphatic carbocycles. The van der Waals surface area contributed by atoms with Crippen LogP contribution in [0.4, 0.5) is 10.3 Å². The van der Waals surface area contributed by atoms with Crippen molar-refractivity contribution in [2.45, 2.75) is 17.3 Å². The molecule has 0 unspecified atom stereocenters. The molecule has 9 heteroatoms. The van der Waals surface area contributed by atoms with Crippen LogP contribution < -0.4 is 10.5 Å². The lowest BCUT2D eigenvalue weighted by molar-refractivity contribution is 0.122. The fraction of sp³-hybridized carbons (Fsp3) is 0.333. The van der Waals surface area contributed by atoms with Gasteiger partial charge in [0.1, 0.15) is 5.82 Å². The Balaban J connectivity index is 1.42. The lowest BCUT2D eigenvalue weighted by Gasteiger charge is -2.26. The number of halogens is 1. The van der Waals surface area contributed by atoms with Gasteiger partial charge in [-0.2, -0.15) is 4.98 Å². The molecule has 156 valence electrons. The summed E-state index contributed by atoms with van der Waals surface area (Å²) in [6.07, 6.45) is 5.74. The van der Waals surface area contributed by atoms with Crippen molar-refractivity contribution in [2.24, 2.45) is 7.05 Å². The van der Waals surface area contributed by atoms with Crippen LogP contribution in [-0.2, 0) is 24.0 Å². The van der Waals surface area contributed by atoms with Crippen LogP contribution in [0.25, 0.3) is 0 Å². The highest BCUT2D eigenvalue weighted by Crippen LogP contribution is 2.20. The summed E-state index contributed by atoms with van der Waals surface area (Å²) in [5, 5.41) is 0.618. The van der Waals surface area contributed by atoms with E-state index < -0.39 is 0 Å². The molecule has 1 saturated heterocycles. The largest absolute Gasteiger partial charge is 0.378 e. The lowest BCUT2D eigenvalue weighted by Crippen LogP contribution is -2.37. The molecule has 0 spiro atoms. The van der Waals surface area contributed by atoms with Crippen molar-refractivity contribution in [3.05, 3.63) is 75.7 Å². The number of hydrogen-bond acceptors (Lipinski definition) is 7. The number of morpholine rings is 1. The molecule has 0 amide bonds. The van der Waals surface area contributed by atoms with E-state index in [2.05, 4.69) is 19.9 Å². The Morgan fingerprint density at radius 3 is 2.50 bits per heavy atom. The van der Waals surface area contributed by atoms with E-state index in [1.165, 1.54) is 23.9 Å². The van der Waals surface area contributed by atoms with Crippen molar-refractivity contribution in [1.29, 1.82) is 0 Å². The molecule has 3 aromatic rings. The van der Waals surface area contributed by atoms with Crippen molar-refractivity contribution in [3.8, 4) is 0 Å². The van der Waals surface area contributed by atoms with Gasteiger partial charge in [-0.25, -0.2) is 14.4 Å². The Labute approximate surface area is 178 Å². The monoisotopic (exact) mass is 427 g/mol. The van der Waals surface area contributed by atoms with E-state index in [0.29, 0.717) is 42.1 Å². The van der Waals surface area contributed by atoms with Crippen LogP contribution in [0.1, 0.15) is 16.7 Å². The lowest BCUT2D eigenvalue weighted by atomic mass is 10.1. The third-order valence-corrected chi connectivity index (χ3v) is 5.90. The van der Waals surface area contributed by atoms with Crippen LogP contribution >= 0.6 is 11.8 Å². The quantitative estimate of drug-likeness (QED) is 0.442. The average molecular weight is 428 g/mol. The molecule has 4 rings (SSSR count). The van der Waals surface area contributed by atoms with Gasteiger partial charge in [-0.05, 0) is 23.3 Å². The summed E-state index contributed by atoms with van der Waals surface area (Å²) in [7, 11) is 1.86. The summed E-state index contributed by atoms with van der Waals surface area (Å²) in [5.74, 6) is 1.03. The molecule has 7 nitrogen and oxygen atoms in total. The molecular formula is C21H22FN5O2S. The molecule has 0 bridgehead atoms. The number of aryl methyl sites for hydroxylation is 1. The van der Waals surface area contributed by atoms with Gasteiger partial charge in [-0.15, -0.1) is 0 Å². The maximum absolute atomic E-state index is 13.0. The third-order valence-electron chi connectivity index (χ3n) is 4.78. The second-order valence-electron chi connectivity index (χ2n) is 7.05.